The summed E-state index contributed by atoms with van der Waals surface area (Å²) in [4.78, 5) is 24.8. The number of fused-ring (bicyclic) bond motifs is 4. The van der Waals surface area contributed by atoms with Gasteiger partial charge < -0.3 is 24.1 Å². The van der Waals surface area contributed by atoms with E-state index in [2.05, 4.69) is 29.6 Å². The summed E-state index contributed by atoms with van der Waals surface area (Å²) >= 11 is 0. The quantitative estimate of drug-likeness (QED) is 0.311. The van der Waals surface area contributed by atoms with Crippen molar-refractivity contribution in [2.24, 2.45) is 0 Å². The van der Waals surface area contributed by atoms with Gasteiger partial charge >= 0.3 is 19.2 Å². The highest BCUT2D eigenvalue weighted by atomic mass is 16.7. The maximum absolute atomic E-state index is 12.9. The molecule has 8 heteroatoms. The zero-order valence-electron chi connectivity index (χ0n) is 23.2. The molecule has 204 valence electrons. The number of rotatable bonds is 6. The minimum atomic E-state index is -0.662. The van der Waals surface area contributed by atoms with E-state index in [0.29, 0.717) is 5.56 Å². The van der Waals surface area contributed by atoms with Crippen LogP contribution in [-0.4, -0.2) is 43.5 Å². The van der Waals surface area contributed by atoms with Crippen LogP contribution in [0.15, 0.2) is 72.2 Å². The van der Waals surface area contributed by atoms with Gasteiger partial charge in [0.25, 0.3) is 0 Å². The number of ether oxygens (including phenoxy) is 2. The number of carbonyl (C=O) groups excluding carboxylic acids is 2. The summed E-state index contributed by atoms with van der Waals surface area (Å²) in [5.74, 6) is -0.332. The zero-order valence-corrected chi connectivity index (χ0v) is 23.2. The van der Waals surface area contributed by atoms with E-state index in [4.69, 9.17) is 18.8 Å². The highest BCUT2D eigenvalue weighted by Gasteiger charge is 2.52. The minimum absolute atomic E-state index is 0.0207. The number of hydrogen-bond donors (Lipinski definition) is 1. The van der Waals surface area contributed by atoms with Crippen molar-refractivity contribution in [3.05, 3.63) is 100 Å². The Bertz CT molecular complexity index is 1470. The van der Waals surface area contributed by atoms with Crippen molar-refractivity contribution in [1.82, 2.24) is 5.32 Å². The Kier molecular flexibility index (Phi) is 6.55. The number of amides is 1. The molecule has 1 amide bonds. The normalized spacial score (nSPS) is 18.6. The molecule has 1 N–H and O–H groups in total. The van der Waals surface area contributed by atoms with E-state index in [-0.39, 0.29) is 31.6 Å². The number of carbonyl (C=O) groups is 2. The fraction of sp³-hybridized carbons (Fsp3) is 0.312. The standard InChI is InChI=1S/C32H32BNO6/c1-31(2)32(3,4)40-33(39-31)22(16-20-13-14-23-21(15-20)18-37-29(23)35)17-34-30(36)38-19-28-26-11-7-5-9-24(26)25-10-6-8-12-27(25)28/h5-16,28H,17-19H2,1-4H3,(H,34,36). The molecule has 6 rings (SSSR count). The maximum Gasteiger partial charge on any atom is 0.492 e. The molecule has 7 nitrogen and oxygen atoms in total. The van der Waals surface area contributed by atoms with Crippen molar-refractivity contribution in [1.29, 1.82) is 0 Å². The average molecular weight is 537 g/mol. The first-order chi connectivity index (χ1) is 19.1. The van der Waals surface area contributed by atoms with E-state index in [0.717, 1.165) is 27.7 Å². The molecule has 0 spiro atoms. The fourth-order valence-electron chi connectivity index (χ4n) is 5.48. The highest BCUT2D eigenvalue weighted by Crippen LogP contribution is 2.44. The van der Waals surface area contributed by atoms with E-state index in [1.807, 2.05) is 70.2 Å². The molecule has 0 aromatic heterocycles. The lowest BCUT2D eigenvalue weighted by atomic mass is 9.77. The van der Waals surface area contributed by atoms with Crippen LogP contribution in [0.2, 0.25) is 0 Å². The molecule has 2 aliphatic heterocycles. The Labute approximate surface area is 234 Å². The molecule has 0 atom stereocenters. The van der Waals surface area contributed by atoms with Crippen LogP contribution in [0, 0.1) is 0 Å². The number of cyclic esters (lactones) is 1. The SMILES string of the molecule is CC1(C)OB(C(=Cc2ccc3c(c2)COC3=O)CNC(=O)OCC2c3ccccc3-c3ccccc32)OC1(C)C. The van der Waals surface area contributed by atoms with Gasteiger partial charge in [-0.05, 0) is 73.1 Å². The van der Waals surface area contributed by atoms with Gasteiger partial charge in [-0.25, -0.2) is 9.59 Å². The van der Waals surface area contributed by atoms with Gasteiger partial charge in [-0.1, -0.05) is 60.7 Å². The smallest absolute Gasteiger partial charge is 0.457 e. The summed E-state index contributed by atoms with van der Waals surface area (Å²) in [6, 6.07) is 22.0. The van der Waals surface area contributed by atoms with Crippen LogP contribution in [-0.2, 0) is 25.4 Å². The summed E-state index contributed by atoms with van der Waals surface area (Å²) < 4.78 is 23.5. The van der Waals surface area contributed by atoms with Crippen LogP contribution >= 0.6 is 0 Å². The summed E-state index contributed by atoms with van der Waals surface area (Å²) in [6.45, 7) is 8.60. The monoisotopic (exact) mass is 537 g/mol. The van der Waals surface area contributed by atoms with Crippen molar-refractivity contribution >= 4 is 25.3 Å². The number of benzene rings is 3. The molecule has 3 aliphatic rings. The third-order valence-electron chi connectivity index (χ3n) is 8.40. The molecule has 1 saturated heterocycles. The molecular formula is C32H32BNO6. The molecule has 0 saturated carbocycles. The Hall–Kier alpha value is -3.88. The summed E-state index contributed by atoms with van der Waals surface area (Å²) in [5, 5.41) is 2.90. The van der Waals surface area contributed by atoms with Crippen molar-refractivity contribution in [2.75, 3.05) is 13.2 Å². The molecule has 1 fully saturated rings. The van der Waals surface area contributed by atoms with Crippen molar-refractivity contribution in [3.63, 3.8) is 0 Å². The third-order valence-corrected chi connectivity index (χ3v) is 8.40. The lowest BCUT2D eigenvalue weighted by Gasteiger charge is -2.32. The Balaban J connectivity index is 1.18. The second-order valence-corrected chi connectivity index (χ2v) is 11.5. The molecule has 3 aromatic carbocycles. The second-order valence-electron chi connectivity index (χ2n) is 11.5. The predicted octanol–water partition coefficient (Wildman–Crippen LogP) is 5.91. The van der Waals surface area contributed by atoms with Gasteiger partial charge in [0.2, 0.25) is 0 Å². The first-order valence-electron chi connectivity index (χ1n) is 13.6. The van der Waals surface area contributed by atoms with E-state index in [1.165, 1.54) is 11.1 Å². The molecule has 0 bridgehead atoms. The molecule has 1 aliphatic carbocycles. The lowest BCUT2D eigenvalue weighted by Crippen LogP contribution is -2.41. The van der Waals surface area contributed by atoms with E-state index >= 15 is 0 Å². The third kappa shape index (κ3) is 4.71. The molecule has 40 heavy (non-hydrogen) atoms. The molecule has 0 radical (unpaired) electrons. The fourth-order valence-corrected chi connectivity index (χ4v) is 5.48. The summed E-state index contributed by atoms with van der Waals surface area (Å²) in [5.41, 5.74) is 6.59. The highest BCUT2D eigenvalue weighted by molar-refractivity contribution is 6.56. The van der Waals surface area contributed by atoms with Gasteiger partial charge in [-0.3, -0.25) is 0 Å². The van der Waals surface area contributed by atoms with Crippen LogP contribution in [0.1, 0.15) is 66.2 Å². The van der Waals surface area contributed by atoms with Crippen molar-refractivity contribution < 1.29 is 28.4 Å². The first-order valence-corrected chi connectivity index (χ1v) is 13.6. The van der Waals surface area contributed by atoms with Gasteiger partial charge in [-0.2, -0.15) is 0 Å². The summed E-state index contributed by atoms with van der Waals surface area (Å²) in [6.07, 6.45) is 1.41. The van der Waals surface area contributed by atoms with Crippen molar-refractivity contribution in [3.8, 4) is 11.1 Å². The van der Waals surface area contributed by atoms with Gasteiger partial charge in [0, 0.05) is 18.0 Å². The molecule has 3 aromatic rings. The van der Waals surface area contributed by atoms with Gasteiger partial charge in [0.05, 0.1) is 16.8 Å². The zero-order chi connectivity index (χ0) is 28.1. The topological polar surface area (TPSA) is 83.1 Å². The Morgan fingerprint density at radius 1 is 0.950 bits per heavy atom. The van der Waals surface area contributed by atoms with Crippen molar-refractivity contribution in [2.45, 2.75) is 51.4 Å². The van der Waals surface area contributed by atoms with Gasteiger partial charge in [-0.15, -0.1) is 0 Å². The Morgan fingerprint density at radius 3 is 2.23 bits per heavy atom. The minimum Gasteiger partial charge on any atom is -0.457 e. The summed E-state index contributed by atoms with van der Waals surface area (Å²) in [7, 11) is -0.662. The van der Waals surface area contributed by atoms with Gasteiger partial charge in [0.15, 0.2) is 0 Å². The van der Waals surface area contributed by atoms with Crippen LogP contribution < -0.4 is 5.32 Å². The lowest BCUT2D eigenvalue weighted by molar-refractivity contribution is 0.00578. The number of nitrogens with one attached hydrogen (secondary N) is 1. The predicted molar refractivity (Wildman–Crippen MR) is 153 cm³/mol. The molecule has 0 unspecified atom stereocenters. The largest absolute Gasteiger partial charge is 0.492 e. The van der Waals surface area contributed by atoms with E-state index < -0.39 is 24.4 Å². The first kappa shape index (κ1) is 26.4. The molecule has 2 heterocycles. The van der Waals surface area contributed by atoms with Crippen LogP contribution in [0.3, 0.4) is 0 Å². The Morgan fingerprint density at radius 2 is 1.57 bits per heavy atom. The molecular weight excluding hydrogens is 505 g/mol. The van der Waals surface area contributed by atoms with E-state index in [9.17, 15) is 9.59 Å². The van der Waals surface area contributed by atoms with Crippen LogP contribution in [0.25, 0.3) is 17.2 Å². The number of hydrogen-bond acceptors (Lipinski definition) is 6. The number of alkyl carbamates (subject to hydrolysis) is 1. The second kappa shape index (κ2) is 9.95. The average Bonchev–Trinajstić information content (AvgIpc) is 3.53. The van der Waals surface area contributed by atoms with E-state index in [1.54, 1.807) is 6.07 Å². The van der Waals surface area contributed by atoms with Gasteiger partial charge in [0.1, 0.15) is 13.2 Å². The number of esters is 1. The van der Waals surface area contributed by atoms with Crippen LogP contribution in [0.5, 0.6) is 0 Å². The maximum atomic E-state index is 12.9. The van der Waals surface area contributed by atoms with Crippen LogP contribution in [0.4, 0.5) is 4.79 Å².